The van der Waals surface area contributed by atoms with Crippen LogP contribution >= 0.6 is 26.6 Å². The summed E-state index contributed by atoms with van der Waals surface area (Å²) in [5, 5.41) is 14.7. The van der Waals surface area contributed by atoms with Crippen molar-refractivity contribution in [3.05, 3.63) is 54.6 Å². The van der Waals surface area contributed by atoms with Crippen LogP contribution in [0, 0.1) is 0 Å². The predicted octanol–water partition coefficient (Wildman–Crippen LogP) is 8.54. The number of nitrogens with one attached hydrogen (secondary N) is 2. The molecule has 84 heavy (non-hydrogen) atoms. The fourth-order valence-corrected chi connectivity index (χ4v) is 11.6. The minimum absolute atomic E-state index is 0.146. The maximum atomic E-state index is 14.0. The molecule has 0 amide bonds. The monoisotopic (exact) mass is 1240 g/mol. The minimum atomic E-state index is -3.94. The number of unbranched alkanes of at least 4 members (excludes halogenated alkanes) is 4. The molecule has 0 saturated carbocycles. The molecule has 1 aromatic carbocycles. The fourth-order valence-electron chi connectivity index (χ4n) is 7.31. The summed E-state index contributed by atoms with van der Waals surface area (Å²) in [4.78, 5) is 73.1. The van der Waals surface area contributed by atoms with Gasteiger partial charge in [0.05, 0.1) is 63.4 Å². The Balaban J connectivity index is 0.000000384. The molecule has 0 aliphatic heterocycles. The minimum Gasteiger partial charge on any atom is -0.464 e. The van der Waals surface area contributed by atoms with E-state index >= 15 is 0 Å². The summed E-state index contributed by atoms with van der Waals surface area (Å²) in [5.41, 5.74) is 11.1. The van der Waals surface area contributed by atoms with E-state index in [4.69, 9.17) is 60.9 Å². The third-order valence-electron chi connectivity index (χ3n) is 11.5. The number of carbonyl (C=O) groups is 4. The number of carbonyl (C=O) groups excluding carboxylic acids is 4. The summed E-state index contributed by atoms with van der Waals surface area (Å²) in [6.07, 6.45) is 6.87. The number of hydrogen-bond donors (Lipinski definition) is 5. The van der Waals surface area contributed by atoms with E-state index in [1.54, 1.807) is 94.5 Å². The van der Waals surface area contributed by atoms with Gasteiger partial charge in [-0.2, -0.15) is 0 Å². The first-order chi connectivity index (χ1) is 39.3. The summed E-state index contributed by atoms with van der Waals surface area (Å²) >= 11 is 5.97. The highest BCUT2D eigenvalue weighted by molar-refractivity contribution is 7.57. The number of imidazole rings is 2. The van der Waals surface area contributed by atoms with Crippen LogP contribution in [0.15, 0.2) is 49.6 Å². The lowest BCUT2D eigenvalue weighted by molar-refractivity contribution is -0.156. The van der Waals surface area contributed by atoms with E-state index in [1.807, 2.05) is 13.8 Å². The maximum Gasteiger partial charge on any atom is 0.342 e. The number of nitrogens with zero attached hydrogens (tertiary/aromatic N) is 8. The summed E-state index contributed by atoms with van der Waals surface area (Å²) in [6.45, 7) is 24.8. The van der Waals surface area contributed by atoms with Crippen LogP contribution in [0.3, 0.4) is 0 Å². The van der Waals surface area contributed by atoms with E-state index in [1.165, 1.54) is 40.3 Å². The molecular weight excluding hydrogens is 1150 g/mol. The third kappa shape index (κ3) is 24.6. The zero-order valence-electron chi connectivity index (χ0n) is 50.7. The van der Waals surface area contributed by atoms with Gasteiger partial charge in [0.1, 0.15) is 59.3 Å². The molecule has 2 unspecified atom stereocenters. The largest absolute Gasteiger partial charge is 0.464 e. The Bertz CT molecular complexity index is 2960. The summed E-state index contributed by atoms with van der Waals surface area (Å²) < 4.78 is 75.3. The number of benzene rings is 1. The second-order valence-corrected chi connectivity index (χ2v) is 25.8. The van der Waals surface area contributed by atoms with Gasteiger partial charge < -0.3 is 63.2 Å². The van der Waals surface area contributed by atoms with Crippen LogP contribution in [-0.4, -0.2) is 142 Å². The summed E-state index contributed by atoms with van der Waals surface area (Å²) in [5.74, 6) is -1.51. The molecule has 0 aliphatic rings. The Kier molecular flexibility index (Phi) is 29.6. The lowest BCUT2D eigenvalue weighted by Crippen LogP contribution is -2.47. The average Bonchev–Trinajstić information content (AvgIpc) is 4.23. The molecule has 30 heteroatoms. The van der Waals surface area contributed by atoms with Gasteiger partial charge in [-0.1, -0.05) is 51.1 Å². The Hall–Kier alpha value is -5.89. The molecule has 7 N–H and O–H groups in total. The number of nitrogen functional groups attached to an aromatic ring is 2. The van der Waals surface area contributed by atoms with Gasteiger partial charge in [0.2, 0.25) is 0 Å². The highest BCUT2D eigenvalue weighted by atomic mass is 35.5. The molecule has 4 heterocycles. The molecule has 5 rings (SSSR count). The molecule has 27 nitrogen and oxygen atoms in total. The number of aliphatic hydroxyl groups excluding tert-OH is 1. The van der Waals surface area contributed by atoms with Crippen molar-refractivity contribution in [3.8, 4) is 5.75 Å². The second kappa shape index (κ2) is 34.3. The van der Waals surface area contributed by atoms with Crippen molar-refractivity contribution >= 4 is 84.5 Å². The van der Waals surface area contributed by atoms with E-state index in [2.05, 4.69) is 51.7 Å². The van der Waals surface area contributed by atoms with Gasteiger partial charge in [-0.15, -0.1) is 0 Å². The van der Waals surface area contributed by atoms with Crippen molar-refractivity contribution in [1.29, 1.82) is 0 Å². The van der Waals surface area contributed by atoms with Crippen LogP contribution in [-0.2, 0) is 74.3 Å². The van der Waals surface area contributed by atoms with Crippen LogP contribution in [0.2, 0.25) is 5.02 Å². The normalized spacial score (nSPS) is 14.6. The summed E-state index contributed by atoms with van der Waals surface area (Å²) in [7, 11) is -7.70. The first-order valence-corrected chi connectivity index (χ1v) is 31.7. The van der Waals surface area contributed by atoms with Crippen molar-refractivity contribution in [2.24, 2.45) is 0 Å². The first kappa shape index (κ1) is 72.4. The van der Waals surface area contributed by atoms with Crippen molar-refractivity contribution in [2.45, 2.75) is 196 Å². The van der Waals surface area contributed by atoms with Gasteiger partial charge in [-0.05, 0) is 120 Å². The number of esters is 4. The van der Waals surface area contributed by atoms with Crippen molar-refractivity contribution in [3.63, 3.8) is 0 Å². The third-order valence-corrected chi connectivity index (χ3v) is 15.7. The SMILES string of the molecule is CC(C)OC(=O)[C@H](C)O.CCCCCOC(=O)C(C)(C)NP(=O)(CO[C@H](C)Cn1cnc2c(N)ncnc21)O[C@@H](C)C(=O)OC(C)C.CCCCCOC(=O)C(C)(C)NP(=O)(CO[C@H](C)Cn1cnc2c(N)ncnc21)Oc1ccc(Cl)cc1. The molecule has 470 valence electrons. The number of ether oxygens (including phenoxy) is 6. The number of anilines is 2. The number of rotatable bonds is 32. The van der Waals surface area contributed by atoms with Gasteiger partial charge in [-0.3, -0.25) is 18.7 Å². The van der Waals surface area contributed by atoms with Crippen LogP contribution in [0.1, 0.15) is 135 Å². The van der Waals surface area contributed by atoms with E-state index in [9.17, 15) is 28.3 Å². The number of aromatic nitrogens is 8. The highest BCUT2D eigenvalue weighted by Gasteiger charge is 2.42. The second-order valence-electron chi connectivity index (χ2n) is 21.3. The molecular formula is C54H87ClN12O15P2. The van der Waals surface area contributed by atoms with E-state index in [0.717, 1.165) is 38.5 Å². The van der Waals surface area contributed by atoms with Gasteiger partial charge in [0.25, 0.3) is 7.52 Å². The smallest absolute Gasteiger partial charge is 0.342 e. The number of hydrogen-bond acceptors (Lipinski definition) is 23. The molecule has 0 saturated heterocycles. The van der Waals surface area contributed by atoms with Crippen LogP contribution < -0.4 is 26.2 Å². The maximum absolute atomic E-state index is 14.0. The van der Waals surface area contributed by atoms with Gasteiger partial charge in [0, 0.05) is 5.02 Å². The lowest BCUT2D eigenvalue weighted by Gasteiger charge is -2.31. The fraction of sp³-hybridized carbons (Fsp3) is 0.630. The highest BCUT2D eigenvalue weighted by Crippen LogP contribution is 2.47. The van der Waals surface area contributed by atoms with Crippen molar-refractivity contribution in [2.75, 3.05) is 37.4 Å². The molecule has 4 aromatic heterocycles. The molecule has 0 aliphatic carbocycles. The molecule has 6 atom stereocenters. The van der Waals surface area contributed by atoms with E-state index < -0.39 is 80.8 Å². The number of nitrogens with two attached hydrogens (primary N) is 2. The Morgan fingerprint density at radius 3 is 1.45 bits per heavy atom. The molecule has 5 aromatic rings. The first-order valence-electron chi connectivity index (χ1n) is 27.7. The average molecular weight is 1240 g/mol. The van der Waals surface area contributed by atoms with E-state index in [0.29, 0.717) is 52.8 Å². The Morgan fingerprint density at radius 2 is 1.05 bits per heavy atom. The topological polar surface area (TPSA) is 360 Å². The molecule has 0 spiro atoms. The van der Waals surface area contributed by atoms with Crippen molar-refractivity contribution < 1.29 is 70.9 Å². The zero-order valence-corrected chi connectivity index (χ0v) is 53.3. The molecule has 0 fully saturated rings. The number of aliphatic hydroxyl groups is 1. The van der Waals surface area contributed by atoms with Crippen LogP contribution in [0.5, 0.6) is 5.75 Å². The van der Waals surface area contributed by atoms with Crippen molar-refractivity contribution in [1.82, 2.24) is 49.2 Å². The zero-order chi connectivity index (χ0) is 63.0. The summed E-state index contributed by atoms with van der Waals surface area (Å²) in [6, 6.07) is 6.43. The van der Waals surface area contributed by atoms with Gasteiger partial charge >= 0.3 is 31.4 Å². The Labute approximate surface area is 496 Å². The predicted molar refractivity (Wildman–Crippen MR) is 318 cm³/mol. The molecule has 0 bridgehead atoms. The lowest BCUT2D eigenvalue weighted by atomic mass is 10.1. The number of fused-ring (bicyclic) bond motifs is 2. The number of halogens is 1. The Morgan fingerprint density at radius 1 is 0.631 bits per heavy atom. The quantitative estimate of drug-likeness (QED) is 0.0116. The van der Waals surface area contributed by atoms with Crippen LogP contribution in [0.25, 0.3) is 22.3 Å². The standard InChI is InChI=1S/C24H34ClN6O5P.C24H41N6O7P.C6H12O3/c1-5-6-7-12-34-23(32)24(3,4)30-37(33,36-19-10-8-18(25)9-11-19)16-35-17(2)13-31-15-29-20-21(26)27-14-28-22(20)31;1-8-9-10-11-34-23(32)24(6,7)29-38(33,37-18(5)22(31)36-16(2)3)15-35-17(4)12-30-14-28-19-20(25)26-13-27-21(19)30;1-4(2)9-6(8)5(3)7/h8-11,14-15,17H,5-7,12-13,16H2,1-4H3,(H,30,33)(H2,26,27,28);13-14,16-18H,8-12,15H2,1-7H3,(H,29,33)(H2,25,26,27);4-5,7H,1-3H3/t17-,37?;17-,18+,38?;5-/m110/s1. The van der Waals surface area contributed by atoms with Gasteiger partial charge in [0.15, 0.2) is 29.0 Å². The molecule has 0 radical (unpaired) electrons. The van der Waals surface area contributed by atoms with Gasteiger partial charge in [-0.25, -0.2) is 49.7 Å². The van der Waals surface area contributed by atoms with E-state index in [-0.39, 0.29) is 36.8 Å². The van der Waals surface area contributed by atoms with Crippen LogP contribution in [0.4, 0.5) is 11.6 Å².